The fourth-order valence-electron chi connectivity index (χ4n) is 2.22. The van der Waals surface area contributed by atoms with E-state index < -0.39 is 18.0 Å². The highest BCUT2D eigenvalue weighted by Crippen LogP contribution is 2.16. The Labute approximate surface area is 157 Å². The minimum atomic E-state index is -0.940. The Morgan fingerprint density at radius 1 is 1.04 bits per heavy atom. The lowest BCUT2D eigenvalue weighted by Gasteiger charge is -2.14. The number of nitrogens with one attached hydrogen (secondary N) is 1. The highest BCUT2D eigenvalue weighted by molar-refractivity contribution is 5.83. The van der Waals surface area contributed by atoms with E-state index in [9.17, 15) is 14.0 Å². The van der Waals surface area contributed by atoms with Crippen LogP contribution in [0.15, 0.2) is 48.5 Å². The fraction of sp³-hybridized carbons (Fsp3) is 0.300. The predicted octanol–water partition coefficient (Wildman–Crippen LogP) is 2.50. The predicted molar refractivity (Wildman–Crippen MR) is 97.2 cm³/mol. The number of carbonyl (C=O) groups is 2. The van der Waals surface area contributed by atoms with Crippen LogP contribution in [0.5, 0.6) is 11.5 Å². The molecule has 2 rings (SSSR count). The zero-order chi connectivity index (χ0) is 19.6. The smallest absolute Gasteiger partial charge is 0.344 e. The summed E-state index contributed by atoms with van der Waals surface area (Å²) in [5.41, 5.74) is 0.897. The van der Waals surface area contributed by atoms with Crippen molar-refractivity contribution in [3.05, 3.63) is 59.9 Å². The van der Waals surface area contributed by atoms with Crippen molar-refractivity contribution in [1.29, 1.82) is 0 Å². The van der Waals surface area contributed by atoms with Crippen LogP contribution in [0.2, 0.25) is 0 Å². The summed E-state index contributed by atoms with van der Waals surface area (Å²) in [5, 5.41) is 2.67. The Hall–Kier alpha value is -3.09. The molecule has 0 bridgehead atoms. The van der Waals surface area contributed by atoms with Gasteiger partial charge in [-0.25, -0.2) is 9.18 Å². The molecule has 144 valence electrons. The summed E-state index contributed by atoms with van der Waals surface area (Å²) in [6.45, 7) is 1.53. The standard InChI is InChI=1S/C20H22FNO5/c1-14(20(24)22-12-11-15-3-5-16(21)6-4-15)27-19(23)13-26-18-9-7-17(25-2)8-10-18/h3-10,14H,11-13H2,1-2H3,(H,22,24)/t14-/m0/s1. The maximum Gasteiger partial charge on any atom is 0.344 e. The van der Waals surface area contributed by atoms with Crippen molar-refractivity contribution in [2.75, 3.05) is 20.3 Å². The van der Waals surface area contributed by atoms with Crippen LogP contribution in [0.25, 0.3) is 0 Å². The van der Waals surface area contributed by atoms with Gasteiger partial charge in [-0.05, 0) is 55.3 Å². The summed E-state index contributed by atoms with van der Waals surface area (Å²) in [4.78, 5) is 23.8. The molecule has 1 N–H and O–H groups in total. The minimum absolute atomic E-state index is 0.305. The minimum Gasteiger partial charge on any atom is -0.497 e. The number of hydrogen-bond acceptors (Lipinski definition) is 5. The average molecular weight is 375 g/mol. The normalized spacial score (nSPS) is 11.4. The molecule has 2 aromatic carbocycles. The summed E-state index contributed by atoms with van der Waals surface area (Å²) in [7, 11) is 1.55. The number of amides is 1. The molecule has 0 fully saturated rings. The SMILES string of the molecule is COc1ccc(OCC(=O)O[C@@H](C)C(=O)NCCc2ccc(F)cc2)cc1. The van der Waals surface area contributed by atoms with E-state index in [1.807, 2.05) is 0 Å². The van der Waals surface area contributed by atoms with E-state index in [-0.39, 0.29) is 12.4 Å². The molecule has 0 aliphatic heterocycles. The second-order valence-electron chi connectivity index (χ2n) is 5.76. The number of rotatable bonds is 9. The van der Waals surface area contributed by atoms with Gasteiger partial charge in [-0.3, -0.25) is 4.79 Å². The van der Waals surface area contributed by atoms with Gasteiger partial charge in [-0.1, -0.05) is 12.1 Å². The summed E-state index contributed by atoms with van der Waals surface area (Å²) in [5.74, 6) is -0.192. The Bertz CT molecular complexity index is 746. The topological polar surface area (TPSA) is 73.9 Å². The third-order valence-corrected chi connectivity index (χ3v) is 3.72. The first-order chi connectivity index (χ1) is 13.0. The van der Waals surface area contributed by atoms with E-state index >= 15 is 0 Å². The van der Waals surface area contributed by atoms with Gasteiger partial charge in [0.1, 0.15) is 17.3 Å². The van der Waals surface area contributed by atoms with Gasteiger partial charge in [0.2, 0.25) is 0 Å². The lowest BCUT2D eigenvalue weighted by Crippen LogP contribution is -2.37. The van der Waals surface area contributed by atoms with E-state index in [4.69, 9.17) is 14.2 Å². The van der Waals surface area contributed by atoms with Crippen molar-refractivity contribution >= 4 is 11.9 Å². The average Bonchev–Trinajstić information content (AvgIpc) is 2.68. The van der Waals surface area contributed by atoms with E-state index in [2.05, 4.69) is 5.32 Å². The van der Waals surface area contributed by atoms with Crippen molar-refractivity contribution in [2.45, 2.75) is 19.4 Å². The molecule has 0 radical (unpaired) electrons. The number of methoxy groups -OCH3 is 1. The first-order valence-electron chi connectivity index (χ1n) is 8.46. The Morgan fingerprint density at radius 3 is 2.30 bits per heavy atom. The number of halogens is 1. The zero-order valence-corrected chi connectivity index (χ0v) is 15.2. The number of carbonyl (C=O) groups excluding carboxylic acids is 2. The van der Waals surface area contributed by atoms with Crippen LogP contribution in [0.1, 0.15) is 12.5 Å². The van der Waals surface area contributed by atoms with Gasteiger partial charge in [0.15, 0.2) is 12.7 Å². The summed E-state index contributed by atoms with van der Waals surface area (Å²) in [6.07, 6.45) is -0.391. The molecule has 1 atom stereocenters. The lowest BCUT2D eigenvalue weighted by atomic mass is 10.1. The molecule has 0 saturated heterocycles. The van der Waals surface area contributed by atoms with Crippen LogP contribution >= 0.6 is 0 Å². The van der Waals surface area contributed by atoms with Gasteiger partial charge >= 0.3 is 5.97 Å². The monoisotopic (exact) mass is 375 g/mol. The Morgan fingerprint density at radius 2 is 1.67 bits per heavy atom. The van der Waals surface area contributed by atoms with Crippen molar-refractivity contribution < 1.29 is 28.2 Å². The molecule has 0 aromatic heterocycles. The molecule has 0 aliphatic rings. The molecule has 27 heavy (non-hydrogen) atoms. The van der Waals surface area contributed by atoms with Gasteiger partial charge in [0, 0.05) is 6.54 Å². The third kappa shape index (κ3) is 6.97. The number of ether oxygens (including phenoxy) is 3. The van der Waals surface area contributed by atoms with Crippen molar-refractivity contribution in [2.24, 2.45) is 0 Å². The van der Waals surface area contributed by atoms with Gasteiger partial charge in [-0.15, -0.1) is 0 Å². The number of benzene rings is 2. The van der Waals surface area contributed by atoms with Crippen LogP contribution in [-0.4, -0.2) is 38.2 Å². The number of esters is 1. The molecular weight excluding hydrogens is 353 g/mol. The molecule has 1 amide bonds. The van der Waals surface area contributed by atoms with Crippen LogP contribution in [0, 0.1) is 5.82 Å². The van der Waals surface area contributed by atoms with Gasteiger partial charge < -0.3 is 19.5 Å². The van der Waals surface area contributed by atoms with Crippen LogP contribution < -0.4 is 14.8 Å². The van der Waals surface area contributed by atoms with Gasteiger partial charge in [0.25, 0.3) is 5.91 Å². The van der Waals surface area contributed by atoms with Gasteiger partial charge in [-0.2, -0.15) is 0 Å². The summed E-state index contributed by atoms with van der Waals surface area (Å²) in [6, 6.07) is 12.8. The molecule has 0 aliphatic carbocycles. The molecular formula is C20H22FNO5. The first kappa shape index (κ1) is 20.2. The largest absolute Gasteiger partial charge is 0.497 e. The molecule has 0 spiro atoms. The number of hydrogen-bond donors (Lipinski definition) is 1. The zero-order valence-electron chi connectivity index (χ0n) is 15.2. The first-order valence-corrected chi connectivity index (χ1v) is 8.46. The van der Waals surface area contributed by atoms with Gasteiger partial charge in [0.05, 0.1) is 7.11 Å². The van der Waals surface area contributed by atoms with E-state index in [0.717, 1.165) is 5.56 Å². The third-order valence-electron chi connectivity index (χ3n) is 3.72. The van der Waals surface area contributed by atoms with Crippen molar-refractivity contribution in [1.82, 2.24) is 5.32 Å². The van der Waals surface area contributed by atoms with Crippen LogP contribution in [0.4, 0.5) is 4.39 Å². The molecule has 0 unspecified atom stereocenters. The molecule has 6 nitrogen and oxygen atoms in total. The maximum atomic E-state index is 12.8. The fourth-order valence-corrected chi connectivity index (χ4v) is 2.22. The maximum absolute atomic E-state index is 12.8. The van der Waals surface area contributed by atoms with E-state index in [1.54, 1.807) is 43.5 Å². The highest BCUT2D eigenvalue weighted by Gasteiger charge is 2.17. The second kappa shape index (κ2) is 10.2. The second-order valence-corrected chi connectivity index (χ2v) is 5.76. The Balaban J connectivity index is 1.67. The van der Waals surface area contributed by atoms with Crippen molar-refractivity contribution in [3.8, 4) is 11.5 Å². The van der Waals surface area contributed by atoms with Crippen LogP contribution in [0.3, 0.4) is 0 Å². The summed E-state index contributed by atoms with van der Waals surface area (Å²) >= 11 is 0. The van der Waals surface area contributed by atoms with Crippen molar-refractivity contribution in [3.63, 3.8) is 0 Å². The molecule has 0 heterocycles. The molecule has 2 aromatic rings. The highest BCUT2D eigenvalue weighted by atomic mass is 19.1. The Kier molecular flexibility index (Phi) is 7.61. The van der Waals surface area contributed by atoms with E-state index in [0.29, 0.717) is 24.5 Å². The molecule has 0 saturated carbocycles. The summed E-state index contributed by atoms with van der Waals surface area (Å²) < 4.78 is 28.2. The lowest BCUT2D eigenvalue weighted by molar-refractivity contribution is -0.156. The molecule has 7 heteroatoms. The van der Waals surface area contributed by atoms with Crippen LogP contribution in [-0.2, 0) is 20.7 Å². The quantitative estimate of drug-likeness (QED) is 0.682. The van der Waals surface area contributed by atoms with E-state index in [1.165, 1.54) is 19.1 Å².